The summed E-state index contributed by atoms with van der Waals surface area (Å²) in [6.07, 6.45) is 3.10. The van der Waals surface area contributed by atoms with Gasteiger partial charge in [-0.2, -0.15) is 5.10 Å². The lowest BCUT2D eigenvalue weighted by atomic mass is 10.1. The van der Waals surface area contributed by atoms with Crippen molar-refractivity contribution in [1.82, 2.24) is 20.1 Å². The molecule has 34 heavy (non-hydrogen) atoms. The van der Waals surface area contributed by atoms with Gasteiger partial charge in [0.2, 0.25) is 0 Å². The minimum absolute atomic E-state index is 0.159. The SMILES string of the molecule is COc1cccc(NC(=O)COc2ccc(C(=O)NCc3ccc(-n4cncn4)cc3)cc2)c1. The molecule has 1 heterocycles. The highest BCUT2D eigenvalue weighted by Crippen LogP contribution is 2.17. The zero-order chi connectivity index (χ0) is 23.8. The van der Waals surface area contributed by atoms with E-state index < -0.39 is 0 Å². The van der Waals surface area contributed by atoms with E-state index in [9.17, 15) is 9.59 Å². The van der Waals surface area contributed by atoms with E-state index in [4.69, 9.17) is 9.47 Å². The Balaban J connectivity index is 1.24. The summed E-state index contributed by atoms with van der Waals surface area (Å²) in [5.41, 5.74) is 2.96. The highest BCUT2D eigenvalue weighted by molar-refractivity contribution is 5.94. The molecular formula is C25H23N5O4. The Kier molecular flexibility index (Phi) is 7.14. The number of benzene rings is 3. The molecule has 0 aliphatic carbocycles. The maximum atomic E-state index is 12.5. The number of carbonyl (C=O) groups is 2. The topological polar surface area (TPSA) is 107 Å². The predicted molar refractivity (Wildman–Crippen MR) is 126 cm³/mol. The normalized spacial score (nSPS) is 10.4. The largest absolute Gasteiger partial charge is 0.497 e. The van der Waals surface area contributed by atoms with Crippen LogP contribution in [0.25, 0.3) is 5.69 Å². The summed E-state index contributed by atoms with van der Waals surface area (Å²) in [6.45, 7) is 0.229. The Hall–Kier alpha value is -4.66. The molecule has 4 rings (SSSR count). The molecule has 9 nitrogen and oxygen atoms in total. The molecule has 2 N–H and O–H groups in total. The number of hydrogen-bond donors (Lipinski definition) is 2. The van der Waals surface area contributed by atoms with Crippen LogP contribution in [-0.2, 0) is 11.3 Å². The van der Waals surface area contributed by atoms with Crippen molar-refractivity contribution in [1.29, 1.82) is 0 Å². The van der Waals surface area contributed by atoms with Crippen LogP contribution >= 0.6 is 0 Å². The van der Waals surface area contributed by atoms with Crippen molar-refractivity contribution in [3.8, 4) is 17.2 Å². The Bertz CT molecular complexity index is 1240. The number of hydrogen-bond acceptors (Lipinski definition) is 6. The summed E-state index contributed by atoms with van der Waals surface area (Å²) in [7, 11) is 1.56. The lowest BCUT2D eigenvalue weighted by Crippen LogP contribution is -2.23. The zero-order valence-electron chi connectivity index (χ0n) is 18.5. The standard InChI is InChI=1S/C25H23N5O4/c1-33-23-4-2-3-20(13-23)29-24(31)15-34-22-11-7-19(8-12-22)25(32)27-14-18-5-9-21(10-6-18)30-17-26-16-28-30/h2-13,16-17H,14-15H2,1H3,(H,27,32)(H,29,31). The molecule has 0 saturated heterocycles. The monoisotopic (exact) mass is 457 g/mol. The summed E-state index contributed by atoms with van der Waals surface area (Å²) in [5, 5.41) is 9.71. The number of amides is 2. The average molecular weight is 457 g/mol. The molecule has 4 aromatic rings. The van der Waals surface area contributed by atoms with Crippen molar-refractivity contribution in [2.45, 2.75) is 6.54 Å². The van der Waals surface area contributed by atoms with E-state index in [0.717, 1.165) is 11.3 Å². The molecule has 0 aliphatic rings. The van der Waals surface area contributed by atoms with Gasteiger partial charge in [0.1, 0.15) is 24.2 Å². The highest BCUT2D eigenvalue weighted by atomic mass is 16.5. The third kappa shape index (κ3) is 5.98. The van der Waals surface area contributed by atoms with Crippen molar-refractivity contribution in [2.24, 2.45) is 0 Å². The van der Waals surface area contributed by atoms with Crippen LogP contribution in [0.5, 0.6) is 11.5 Å². The van der Waals surface area contributed by atoms with Crippen LogP contribution in [0.2, 0.25) is 0 Å². The van der Waals surface area contributed by atoms with Gasteiger partial charge in [-0.05, 0) is 54.1 Å². The summed E-state index contributed by atoms with van der Waals surface area (Å²) >= 11 is 0. The van der Waals surface area contributed by atoms with Crippen LogP contribution in [0, 0.1) is 0 Å². The first-order valence-electron chi connectivity index (χ1n) is 10.5. The summed E-state index contributed by atoms with van der Waals surface area (Å²) in [6, 6.07) is 21.3. The van der Waals surface area contributed by atoms with Crippen molar-refractivity contribution in [2.75, 3.05) is 19.0 Å². The van der Waals surface area contributed by atoms with Crippen LogP contribution in [0.4, 0.5) is 5.69 Å². The van der Waals surface area contributed by atoms with Gasteiger partial charge < -0.3 is 20.1 Å². The van der Waals surface area contributed by atoms with Gasteiger partial charge in [0.25, 0.3) is 11.8 Å². The highest BCUT2D eigenvalue weighted by Gasteiger charge is 2.08. The molecule has 0 spiro atoms. The van der Waals surface area contributed by atoms with Gasteiger partial charge in [0.05, 0.1) is 12.8 Å². The zero-order valence-corrected chi connectivity index (χ0v) is 18.5. The number of nitrogens with one attached hydrogen (secondary N) is 2. The summed E-state index contributed by atoms with van der Waals surface area (Å²) < 4.78 is 12.3. The van der Waals surface area contributed by atoms with Gasteiger partial charge in [-0.1, -0.05) is 18.2 Å². The predicted octanol–water partition coefficient (Wildman–Crippen LogP) is 3.22. The van der Waals surface area contributed by atoms with Gasteiger partial charge >= 0.3 is 0 Å². The Morgan fingerprint density at radius 1 is 0.971 bits per heavy atom. The van der Waals surface area contributed by atoms with E-state index in [2.05, 4.69) is 20.7 Å². The lowest BCUT2D eigenvalue weighted by molar-refractivity contribution is -0.118. The number of methoxy groups -OCH3 is 1. The van der Waals surface area contributed by atoms with Crippen LogP contribution in [0.1, 0.15) is 15.9 Å². The summed E-state index contributed by atoms with van der Waals surface area (Å²) in [4.78, 5) is 28.5. The van der Waals surface area contributed by atoms with Crippen LogP contribution in [-0.4, -0.2) is 40.3 Å². The van der Waals surface area contributed by atoms with E-state index in [1.165, 1.54) is 6.33 Å². The molecule has 3 aromatic carbocycles. The van der Waals surface area contributed by atoms with E-state index >= 15 is 0 Å². The van der Waals surface area contributed by atoms with Crippen LogP contribution in [0.15, 0.2) is 85.5 Å². The minimum atomic E-state index is -0.301. The molecule has 0 aliphatic heterocycles. The third-order valence-electron chi connectivity index (χ3n) is 4.91. The first-order valence-corrected chi connectivity index (χ1v) is 10.5. The smallest absolute Gasteiger partial charge is 0.262 e. The third-order valence-corrected chi connectivity index (χ3v) is 4.91. The molecule has 172 valence electrons. The van der Waals surface area contributed by atoms with E-state index in [1.54, 1.807) is 66.6 Å². The van der Waals surface area contributed by atoms with Gasteiger partial charge in [0, 0.05) is 23.9 Å². The number of anilines is 1. The second-order valence-electron chi connectivity index (χ2n) is 7.28. The molecule has 2 amide bonds. The molecule has 0 atom stereocenters. The summed E-state index contributed by atoms with van der Waals surface area (Å²) in [5.74, 6) is 0.630. The maximum Gasteiger partial charge on any atom is 0.262 e. The Morgan fingerprint density at radius 3 is 2.47 bits per heavy atom. The Morgan fingerprint density at radius 2 is 1.76 bits per heavy atom. The van der Waals surface area contributed by atoms with E-state index in [0.29, 0.717) is 29.3 Å². The number of nitrogens with zero attached hydrogens (tertiary/aromatic N) is 3. The van der Waals surface area contributed by atoms with Crippen molar-refractivity contribution < 1.29 is 19.1 Å². The maximum absolute atomic E-state index is 12.5. The average Bonchev–Trinajstić information content (AvgIpc) is 3.42. The molecule has 0 bridgehead atoms. The quantitative estimate of drug-likeness (QED) is 0.400. The number of ether oxygens (including phenoxy) is 2. The van der Waals surface area contributed by atoms with Crippen molar-refractivity contribution >= 4 is 17.5 Å². The second kappa shape index (κ2) is 10.8. The fourth-order valence-corrected chi connectivity index (χ4v) is 3.14. The van der Waals surface area contributed by atoms with Crippen molar-refractivity contribution in [3.63, 3.8) is 0 Å². The molecule has 0 radical (unpaired) electrons. The van der Waals surface area contributed by atoms with E-state index in [1.807, 2.05) is 24.3 Å². The minimum Gasteiger partial charge on any atom is -0.497 e. The molecule has 0 unspecified atom stereocenters. The number of carbonyl (C=O) groups excluding carboxylic acids is 2. The van der Waals surface area contributed by atoms with Crippen molar-refractivity contribution in [3.05, 3.63) is 96.6 Å². The van der Waals surface area contributed by atoms with Gasteiger partial charge in [0.15, 0.2) is 6.61 Å². The van der Waals surface area contributed by atoms with Crippen LogP contribution in [0.3, 0.4) is 0 Å². The number of aromatic nitrogens is 3. The van der Waals surface area contributed by atoms with Gasteiger partial charge in [-0.3, -0.25) is 9.59 Å². The van der Waals surface area contributed by atoms with Crippen LogP contribution < -0.4 is 20.1 Å². The molecule has 0 saturated carbocycles. The molecule has 9 heteroatoms. The fourth-order valence-electron chi connectivity index (χ4n) is 3.14. The van der Waals surface area contributed by atoms with E-state index in [-0.39, 0.29) is 18.4 Å². The second-order valence-corrected chi connectivity index (χ2v) is 7.28. The van der Waals surface area contributed by atoms with Gasteiger partial charge in [-0.25, -0.2) is 9.67 Å². The van der Waals surface area contributed by atoms with Gasteiger partial charge in [-0.15, -0.1) is 0 Å². The number of rotatable bonds is 9. The fraction of sp³-hybridized carbons (Fsp3) is 0.120. The first-order chi connectivity index (χ1) is 16.6. The molecule has 1 aromatic heterocycles. The lowest BCUT2D eigenvalue weighted by Gasteiger charge is -2.10. The Labute approximate surface area is 196 Å². The molecular weight excluding hydrogens is 434 g/mol. The molecule has 0 fully saturated rings. The first kappa shape index (κ1) is 22.5.